The van der Waals surface area contributed by atoms with Gasteiger partial charge in [-0.25, -0.2) is 4.79 Å². The minimum absolute atomic E-state index is 0.00348. The number of carboxylic acid groups (broad SMARTS) is 1. The van der Waals surface area contributed by atoms with Crippen molar-refractivity contribution in [1.82, 2.24) is 10.6 Å². The van der Waals surface area contributed by atoms with Crippen LogP contribution < -0.4 is 10.6 Å². The fourth-order valence-corrected chi connectivity index (χ4v) is 5.04. The Kier molecular flexibility index (Phi) is 6.96. The highest BCUT2D eigenvalue weighted by Gasteiger charge is 2.31. The maximum Gasteiger partial charge on any atom is 0.407 e. The van der Waals surface area contributed by atoms with Crippen LogP contribution in [0.4, 0.5) is 4.79 Å². The minimum Gasteiger partial charge on any atom is -0.481 e. The molecule has 1 fully saturated rings. The van der Waals surface area contributed by atoms with E-state index in [4.69, 9.17) is 9.84 Å². The van der Waals surface area contributed by atoms with Crippen LogP contribution in [0, 0.1) is 5.92 Å². The van der Waals surface area contributed by atoms with Crippen molar-refractivity contribution < 1.29 is 24.2 Å². The first-order chi connectivity index (χ1) is 15.9. The van der Waals surface area contributed by atoms with Gasteiger partial charge in [0, 0.05) is 23.9 Å². The van der Waals surface area contributed by atoms with Crippen molar-refractivity contribution in [1.29, 1.82) is 0 Å². The Hall–Kier alpha value is -3.35. The summed E-state index contributed by atoms with van der Waals surface area (Å²) in [5.41, 5.74) is 4.69. The largest absolute Gasteiger partial charge is 0.481 e. The van der Waals surface area contributed by atoms with E-state index >= 15 is 0 Å². The van der Waals surface area contributed by atoms with Gasteiger partial charge in [0.25, 0.3) is 0 Å². The number of alkyl carbamates (subject to hydrolysis) is 1. The summed E-state index contributed by atoms with van der Waals surface area (Å²) in [4.78, 5) is 35.9. The molecule has 0 heterocycles. The van der Waals surface area contributed by atoms with Gasteiger partial charge in [-0.1, -0.05) is 55.0 Å². The molecule has 7 heteroatoms. The molecule has 2 aromatic rings. The molecule has 1 saturated carbocycles. The molecule has 2 aliphatic rings. The quantitative estimate of drug-likeness (QED) is 0.590. The van der Waals surface area contributed by atoms with E-state index < -0.39 is 18.1 Å². The molecule has 0 aromatic heterocycles. The SMILES string of the molecule is CC(CC(=O)O)NC(=O)C1CCCC(NC(=O)OCC2c3ccccc3-c3ccccc32)C1. The Morgan fingerprint density at radius 3 is 2.30 bits per heavy atom. The van der Waals surface area contributed by atoms with Crippen LogP contribution in [0.5, 0.6) is 0 Å². The van der Waals surface area contributed by atoms with Crippen molar-refractivity contribution in [2.45, 2.75) is 57.0 Å². The van der Waals surface area contributed by atoms with Crippen LogP contribution in [0.2, 0.25) is 0 Å². The van der Waals surface area contributed by atoms with Crippen molar-refractivity contribution >= 4 is 18.0 Å². The second kappa shape index (κ2) is 10.1. The van der Waals surface area contributed by atoms with Crippen molar-refractivity contribution in [3.05, 3.63) is 59.7 Å². The first kappa shape index (κ1) is 22.8. The maximum atomic E-state index is 12.6. The minimum atomic E-state index is -0.943. The second-order valence-electron chi connectivity index (χ2n) is 9.04. The number of aliphatic carboxylic acids is 1. The lowest BCUT2D eigenvalue weighted by molar-refractivity contribution is -0.137. The normalized spacial score (nSPS) is 20.3. The van der Waals surface area contributed by atoms with Crippen LogP contribution in [0.1, 0.15) is 56.1 Å². The molecule has 3 N–H and O–H groups in total. The number of carbonyl (C=O) groups excluding carboxylic acids is 2. The highest BCUT2D eigenvalue weighted by molar-refractivity contribution is 5.80. The zero-order valence-corrected chi connectivity index (χ0v) is 18.8. The number of hydrogen-bond donors (Lipinski definition) is 3. The summed E-state index contributed by atoms with van der Waals surface area (Å²) in [6.07, 6.45) is 2.28. The maximum absolute atomic E-state index is 12.6. The van der Waals surface area contributed by atoms with Crippen LogP contribution in [0.25, 0.3) is 11.1 Å². The zero-order chi connectivity index (χ0) is 23.4. The average Bonchev–Trinajstić information content (AvgIpc) is 3.11. The van der Waals surface area contributed by atoms with Crippen LogP contribution >= 0.6 is 0 Å². The Bertz CT molecular complexity index is 991. The highest BCUT2D eigenvalue weighted by atomic mass is 16.5. The molecule has 0 spiro atoms. The summed E-state index contributed by atoms with van der Waals surface area (Å²) in [5, 5.41) is 14.6. The monoisotopic (exact) mass is 450 g/mol. The molecule has 4 rings (SSSR count). The predicted octanol–water partition coefficient (Wildman–Crippen LogP) is 4.06. The number of nitrogens with one attached hydrogen (secondary N) is 2. The number of carboxylic acids is 1. The summed E-state index contributed by atoms with van der Waals surface area (Å²) in [6, 6.07) is 15.8. The van der Waals surface area contributed by atoms with Gasteiger partial charge in [-0.05, 0) is 48.4 Å². The highest BCUT2D eigenvalue weighted by Crippen LogP contribution is 2.44. The van der Waals surface area contributed by atoms with Crippen molar-refractivity contribution in [3.63, 3.8) is 0 Å². The van der Waals surface area contributed by atoms with Gasteiger partial charge in [-0.3, -0.25) is 9.59 Å². The van der Waals surface area contributed by atoms with E-state index in [9.17, 15) is 14.4 Å². The van der Waals surface area contributed by atoms with Gasteiger partial charge in [0.1, 0.15) is 6.61 Å². The van der Waals surface area contributed by atoms with E-state index in [1.165, 1.54) is 11.1 Å². The number of hydrogen-bond acceptors (Lipinski definition) is 4. The number of carbonyl (C=O) groups is 3. The Labute approximate surface area is 193 Å². The Morgan fingerprint density at radius 2 is 1.67 bits per heavy atom. The van der Waals surface area contributed by atoms with Crippen LogP contribution in [0.15, 0.2) is 48.5 Å². The molecule has 2 aromatic carbocycles. The lowest BCUT2D eigenvalue weighted by Crippen LogP contribution is -2.44. The molecule has 0 radical (unpaired) electrons. The smallest absolute Gasteiger partial charge is 0.407 e. The van der Waals surface area contributed by atoms with Crippen molar-refractivity contribution in [3.8, 4) is 11.1 Å². The zero-order valence-electron chi connectivity index (χ0n) is 18.8. The van der Waals surface area contributed by atoms with Gasteiger partial charge < -0.3 is 20.5 Å². The molecule has 2 amide bonds. The fourth-order valence-electron chi connectivity index (χ4n) is 5.04. The van der Waals surface area contributed by atoms with E-state index in [-0.39, 0.29) is 36.8 Å². The second-order valence-corrected chi connectivity index (χ2v) is 9.04. The third-order valence-electron chi connectivity index (χ3n) is 6.58. The first-order valence-corrected chi connectivity index (χ1v) is 11.6. The van der Waals surface area contributed by atoms with Gasteiger partial charge in [0.15, 0.2) is 0 Å². The van der Waals surface area contributed by atoms with Crippen molar-refractivity contribution in [2.75, 3.05) is 6.61 Å². The van der Waals surface area contributed by atoms with E-state index in [1.54, 1.807) is 6.92 Å². The molecule has 7 nitrogen and oxygen atoms in total. The van der Waals surface area contributed by atoms with E-state index in [0.717, 1.165) is 30.4 Å². The Balaban J connectivity index is 1.30. The summed E-state index contributed by atoms with van der Waals surface area (Å²) in [6.45, 7) is 1.93. The Morgan fingerprint density at radius 1 is 1.03 bits per heavy atom. The van der Waals surface area contributed by atoms with Crippen LogP contribution in [-0.2, 0) is 14.3 Å². The van der Waals surface area contributed by atoms with Gasteiger partial charge in [-0.2, -0.15) is 0 Å². The van der Waals surface area contributed by atoms with Gasteiger partial charge in [0.05, 0.1) is 6.42 Å². The fraction of sp³-hybridized carbons (Fsp3) is 0.423. The molecule has 0 aliphatic heterocycles. The molecular formula is C26H30N2O5. The van der Waals surface area contributed by atoms with E-state index in [0.29, 0.717) is 6.42 Å². The summed E-state index contributed by atoms with van der Waals surface area (Å²) >= 11 is 0. The summed E-state index contributed by atoms with van der Waals surface area (Å²) in [5.74, 6) is -1.33. The molecule has 3 atom stereocenters. The topological polar surface area (TPSA) is 105 Å². The summed E-state index contributed by atoms with van der Waals surface area (Å²) in [7, 11) is 0. The molecule has 3 unspecified atom stereocenters. The molecule has 2 aliphatic carbocycles. The lowest BCUT2D eigenvalue weighted by atomic mass is 9.85. The van der Waals surface area contributed by atoms with Crippen LogP contribution in [-0.4, -0.2) is 41.8 Å². The third kappa shape index (κ3) is 5.35. The van der Waals surface area contributed by atoms with Gasteiger partial charge in [-0.15, -0.1) is 0 Å². The first-order valence-electron chi connectivity index (χ1n) is 11.6. The van der Waals surface area contributed by atoms with Crippen molar-refractivity contribution in [2.24, 2.45) is 5.92 Å². The third-order valence-corrected chi connectivity index (χ3v) is 6.58. The average molecular weight is 451 g/mol. The molecule has 0 bridgehead atoms. The number of amides is 2. The van der Waals surface area contributed by atoms with Gasteiger partial charge in [0.2, 0.25) is 5.91 Å². The molecular weight excluding hydrogens is 420 g/mol. The summed E-state index contributed by atoms with van der Waals surface area (Å²) < 4.78 is 5.63. The number of ether oxygens (including phenoxy) is 1. The molecule has 0 saturated heterocycles. The van der Waals surface area contributed by atoms with Gasteiger partial charge >= 0.3 is 12.1 Å². The molecule has 33 heavy (non-hydrogen) atoms. The molecule has 174 valence electrons. The predicted molar refractivity (Wildman–Crippen MR) is 124 cm³/mol. The van der Waals surface area contributed by atoms with Crippen LogP contribution in [0.3, 0.4) is 0 Å². The number of benzene rings is 2. The number of rotatable bonds is 7. The van der Waals surface area contributed by atoms with E-state index in [2.05, 4.69) is 34.9 Å². The number of fused-ring (bicyclic) bond motifs is 3. The van der Waals surface area contributed by atoms with E-state index in [1.807, 2.05) is 24.3 Å². The lowest BCUT2D eigenvalue weighted by Gasteiger charge is -2.29. The standard InChI is InChI=1S/C26H30N2O5/c1-16(13-24(29)30)27-25(31)17-7-6-8-18(14-17)28-26(32)33-15-23-21-11-4-2-9-19(21)20-10-3-5-12-22(20)23/h2-5,9-12,16-18,23H,6-8,13-15H2,1H3,(H,27,31)(H,28,32)(H,29,30).